The van der Waals surface area contributed by atoms with Gasteiger partial charge >= 0.3 is 0 Å². The number of hydrogen-bond acceptors (Lipinski definition) is 8. The topological polar surface area (TPSA) is 127 Å². The molecule has 248 valence electrons. The number of amides is 1. The van der Waals surface area contributed by atoms with Crippen molar-refractivity contribution in [2.45, 2.75) is 141 Å². The van der Waals surface area contributed by atoms with Crippen molar-refractivity contribution in [2.24, 2.45) is 46.3 Å². The molecule has 7 rings (SSSR count). The number of hydrogen-bond donors (Lipinski definition) is 4. The summed E-state index contributed by atoms with van der Waals surface area (Å²) in [5, 5.41) is 33.6. The molecule has 16 atom stereocenters. The normalized spacial score (nSPS) is 55.0. The largest absolute Gasteiger partial charge is 0.394 e. The van der Waals surface area contributed by atoms with Crippen LogP contribution in [0.15, 0.2) is 11.6 Å². The summed E-state index contributed by atoms with van der Waals surface area (Å²) in [7, 11) is 0. The zero-order chi connectivity index (χ0) is 31.2. The van der Waals surface area contributed by atoms with Crippen molar-refractivity contribution in [3.63, 3.8) is 0 Å². The Kier molecular flexibility index (Phi) is 8.08. The Morgan fingerprint density at radius 1 is 1.09 bits per heavy atom. The molecule has 1 spiro atoms. The highest BCUT2D eigenvalue weighted by Crippen LogP contribution is 2.70. The van der Waals surface area contributed by atoms with Crippen LogP contribution in [0.3, 0.4) is 0 Å². The van der Waals surface area contributed by atoms with Crippen LogP contribution in [-0.2, 0) is 23.7 Å². The van der Waals surface area contributed by atoms with Gasteiger partial charge in [-0.15, -0.1) is 0 Å². The summed E-state index contributed by atoms with van der Waals surface area (Å²) in [6.07, 6.45) is 7.80. The number of carbonyl (C=O) groups excluding carboxylic acids is 1. The molecule has 1 amide bonds. The van der Waals surface area contributed by atoms with Crippen LogP contribution in [0.25, 0.3) is 0 Å². The number of carbonyl (C=O) groups is 1. The number of ether oxygens (including phenoxy) is 4. The van der Waals surface area contributed by atoms with Crippen LogP contribution in [0.4, 0.5) is 0 Å². The molecule has 3 saturated heterocycles. The van der Waals surface area contributed by atoms with Gasteiger partial charge in [-0.25, -0.2) is 0 Å². The fourth-order valence-corrected chi connectivity index (χ4v) is 11.5. The summed E-state index contributed by atoms with van der Waals surface area (Å²) in [5.41, 5.74) is 1.89. The highest BCUT2D eigenvalue weighted by atomic mass is 16.7. The van der Waals surface area contributed by atoms with Crippen molar-refractivity contribution in [1.29, 1.82) is 0 Å². The lowest BCUT2D eigenvalue weighted by Gasteiger charge is -2.58. The minimum atomic E-state index is -1.31. The SMILES string of the molecule is CC(=O)N[C@H]1[C@H](O[C@H]2CC[C@@]3(C)C(=CC[C@H]4[C@@H]5C[C@@H]6O[C@]7(CC[C@@H](C)CO7)[C@@H](C)[C@@H]6[C@@]5(C)CC[C@@H]43)C2)O[C@H](CO)[C@@H](O)[C@@H]1O. The third kappa shape index (κ3) is 4.77. The number of rotatable bonds is 4. The highest BCUT2D eigenvalue weighted by molar-refractivity contribution is 5.73. The molecule has 0 aromatic heterocycles. The second-order valence-corrected chi connectivity index (χ2v) is 16.2. The Bertz CT molecular complexity index is 1140. The molecule has 0 aromatic carbocycles. The Morgan fingerprint density at radius 3 is 2.59 bits per heavy atom. The van der Waals surface area contributed by atoms with E-state index in [1.807, 2.05) is 0 Å². The van der Waals surface area contributed by atoms with Crippen molar-refractivity contribution in [3.8, 4) is 0 Å². The molecule has 6 fully saturated rings. The lowest BCUT2D eigenvalue weighted by atomic mass is 9.47. The maximum absolute atomic E-state index is 11.9. The van der Waals surface area contributed by atoms with E-state index in [2.05, 4.69) is 39.1 Å². The van der Waals surface area contributed by atoms with Gasteiger partial charge in [0.1, 0.15) is 24.4 Å². The third-order valence-electron chi connectivity index (χ3n) is 13.9. The number of aliphatic hydroxyl groups excluding tert-OH is 3. The summed E-state index contributed by atoms with van der Waals surface area (Å²) < 4.78 is 25.8. The predicted molar refractivity (Wildman–Crippen MR) is 162 cm³/mol. The zero-order valence-corrected chi connectivity index (χ0v) is 27.2. The van der Waals surface area contributed by atoms with E-state index in [0.29, 0.717) is 41.6 Å². The van der Waals surface area contributed by atoms with Gasteiger partial charge in [-0.2, -0.15) is 0 Å². The second-order valence-electron chi connectivity index (χ2n) is 16.2. The molecular formula is C35H55NO8. The number of nitrogens with one attached hydrogen (secondary N) is 1. The highest BCUT2D eigenvalue weighted by Gasteiger charge is 2.68. The van der Waals surface area contributed by atoms with E-state index < -0.39 is 37.3 Å². The van der Waals surface area contributed by atoms with Gasteiger partial charge in [-0.3, -0.25) is 4.79 Å². The minimum Gasteiger partial charge on any atom is -0.394 e. The molecule has 3 heterocycles. The lowest BCUT2D eigenvalue weighted by Crippen LogP contribution is -2.65. The summed E-state index contributed by atoms with van der Waals surface area (Å²) in [5.74, 6) is 2.87. The van der Waals surface area contributed by atoms with Gasteiger partial charge < -0.3 is 39.6 Å². The molecule has 9 nitrogen and oxygen atoms in total. The monoisotopic (exact) mass is 617 g/mol. The Labute approximate surface area is 262 Å². The molecular weight excluding hydrogens is 562 g/mol. The van der Waals surface area contributed by atoms with Gasteiger partial charge in [-0.05, 0) is 91.8 Å². The van der Waals surface area contributed by atoms with Gasteiger partial charge in [-0.1, -0.05) is 39.3 Å². The summed E-state index contributed by atoms with van der Waals surface area (Å²) >= 11 is 0. The van der Waals surface area contributed by atoms with Crippen LogP contribution in [0.2, 0.25) is 0 Å². The van der Waals surface area contributed by atoms with Crippen molar-refractivity contribution < 1.29 is 39.1 Å². The molecule has 0 aromatic rings. The maximum atomic E-state index is 11.9. The van der Waals surface area contributed by atoms with Crippen molar-refractivity contribution in [3.05, 3.63) is 11.6 Å². The number of aliphatic hydroxyl groups is 3. The number of fused-ring (bicyclic) bond motifs is 7. The predicted octanol–water partition coefficient (Wildman–Crippen LogP) is 3.68. The second kappa shape index (κ2) is 11.3. The molecule has 4 aliphatic carbocycles. The lowest BCUT2D eigenvalue weighted by molar-refractivity contribution is -0.284. The van der Waals surface area contributed by atoms with E-state index in [1.165, 1.54) is 31.8 Å². The van der Waals surface area contributed by atoms with E-state index in [4.69, 9.17) is 18.9 Å². The van der Waals surface area contributed by atoms with Crippen LogP contribution >= 0.6 is 0 Å². The Balaban J connectivity index is 1.06. The van der Waals surface area contributed by atoms with Crippen molar-refractivity contribution in [1.82, 2.24) is 5.32 Å². The Morgan fingerprint density at radius 2 is 1.89 bits per heavy atom. The quantitative estimate of drug-likeness (QED) is 0.352. The molecule has 0 radical (unpaired) electrons. The van der Waals surface area contributed by atoms with Crippen molar-refractivity contribution >= 4 is 5.91 Å². The first kappa shape index (κ1) is 31.5. The summed E-state index contributed by atoms with van der Waals surface area (Å²) in [6, 6.07) is -0.910. The van der Waals surface area contributed by atoms with Gasteiger partial charge in [0.05, 0.1) is 25.4 Å². The van der Waals surface area contributed by atoms with E-state index in [1.54, 1.807) is 0 Å². The summed E-state index contributed by atoms with van der Waals surface area (Å²) in [6.45, 7) is 11.5. The van der Waals surface area contributed by atoms with Crippen LogP contribution < -0.4 is 5.32 Å². The summed E-state index contributed by atoms with van der Waals surface area (Å²) in [4.78, 5) is 11.9. The molecule has 0 unspecified atom stereocenters. The molecule has 3 aliphatic heterocycles. The van der Waals surface area contributed by atoms with Gasteiger partial charge in [0, 0.05) is 19.3 Å². The first-order valence-corrected chi connectivity index (χ1v) is 17.5. The molecule has 44 heavy (non-hydrogen) atoms. The molecule has 4 N–H and O–H groups in total. The maximum Gasteiger partial charge on any atom is 0.217 e. The van der Waals surface area contributed by atoms with Crippen LogP contribution in [0.1, 0.15) is 92.4 Å². The van der Waals surface area contributed by atoms with E-state index in [9.17, 15) is 20.1 Å². The van der Waals surface area contributed by atoms with Crippen molar-refractivity contribution in [2.75, 3.05) is 13.2 Å². The Hall–Kier alpha value is -1.07. The molecule has 3 saturated carbocycles. The van der Waals surface area contributed by atoms with Crippen LogP contribution in [-0.4, -0.2) is 83.1 Å². The molecule has 7 aliphatic rings. The van der Waals surface area contributed by atoms with E-state index in [-0.39, 0.29) is 28.6 Å². The molecule has 9 heteroatoms. The van der Waals surface area contributed by atoms with Gasteiger partial charge in [0.2, 0.25) is 5.91 Å². The smallest absolute Gasteiger partial charge is 0.217 e. The minimum absolute atomic E-state index is 0.128. The third-order valence-corrected chi connectivity index (χ3v) is 13.9. The first-order chi connectivity index (χ1) is 20.9. The fraction of sp³-hybridized carbons (Fsp3) is 0.914. The number of allylic oxidation sites excluding steroid dienone is 1. The van der Waals surface area contributed by atoms with Gasteiger partial charge in [0.15, 0.2) is 12.1 Å². The first-order valence-electron chi connectivity index (χ1n) is 17.5. The van der Waals surface area contributed by atoms with E-state index in [0.717, 1.165) is 45.1 Å². The fourth-order valence-electron chi connectivity index (χ4n) is 11.5. The van der Waals surface area contributed by atoms with E-state index >= 15 is 0 Å². The molecule has 0 bridgehead atoms. The van der Waals surface area contributed by atoms with Gasteiger partial charge in [0.25, 0.3) is 0 Å². The standard InChI is InChI=1S/C35H55NO8/c1-18-8-13-35(41-17-18)19(2)28-26(44-35)15-25-23-7-6-21-14-22(9-11-33(21,4)24(23)10-12-34(25,28)5)42-32-29(36-20(3)38)31(40)30(39)27(16-37)43-32/h6,18-19,22-32,37,39-40H,7-17H2,1-5H3,(H,36,38)/t18-,19+,22+,23-,24+,25+,26+,27-,28+,29-,30-,31-,32-,33+,34+,35-/m1/s1. The zero-order valence-electron chi connectivity index (χ0n) is 27.2. The average Bonchev–Trinajstić information content (AvgIpc) is 3.43. The van der Waals surface area contributed by atoms with Crippen LogP contribution in [0.5, 0.6) is 0 Å². The van der Waals surface area contributed by atoms with Crippen LogP contribution in [0, 0.1) is 46.3 Å². The average molecular weight is 618 g/mol.